The Kier molecular flexibility index (Phi) is 8.15. The third-order valence-corrected chi connectivity index (χ3v) is 4.54. The van der Waals surface area contributed by atoms with Crippen LogP contribution in [0.3, 0.4) is 0 Å². The molecule has 1 aromatic carbocycles. The molecule has 0 aromatic heterocycles. The van der Waals surface area contributed by atoms with Crippen LogP contribution < -0.4 is 15.4 Å². The molecule has 0 spiro atoms. The van der Waals surface area contributed by atoms with Crippen molar-refractivity contribution in [3.05, 3.63) is 41.5 Å². The summed E-state index contributed by atoms with van der Waals surface area (Å²) >= 11 is 0. The summed E-state index contributed by atoms with van der Waals surface area (Å²) in [7, 11) is 3.14. The molecule has 1 aliphatic rings. The van der Waals surface area contributed by atoms with Gasteiger partial charge in [-0.25, -0.2) is 0 Å². The van der Waals surface area contributed by atoms with Gasteiger partial charge in [0.15, 0.2) is 0 Å². The number of nitrogens with one attached hydrogen (secondary N) is 2. The number of carbonyl (C=O) groups excluding carboxylic acids is 2. The summed E-state index contributed by atoms with van der Waals surface area (Å²) in [6, 6.07) is 7.44. The SMILES string of the molecule is COc1ccccc1C(CNC(=O)C(=O)NCCC1=CCCCC1)OC. The quantitative estimate of drug-likeness (QED) is 0.552. The molecular formula is C20H28N2O4. The van der Waals surface area contributed by atoms with E-state index in [2.05, 4.69) is 16.7 Å². The number of hydrogen-bond acceptors (Lipinski definition) is 4. The minimum atomic E-state index is -0.653. The summed E-state index contributed by atoms with van der Waals surface area (Å²) in [4.78, 5) is 23.9. The topological polar surface area (TPSA) is 76.7 Å². The van der Waals surface area contributed by atoms with Crippen LogP contribution in [0.2, 0.25) is 0 Å². The van der Waals surface area contributed by atoms with Crippen molar-refractivity contribution in [1.82, 2.24) is 10.6 Å². The summed E-state index contributed by atoms with van der Waals surface area (Å²) in [6.07, 6.45) is 7.32. The normalized spacial score (nSPS) is 14.9. The summed E-state index contributed by atoms with van der Waals surface area (Å²) < 4.78 is 10.8. The Morgan fingerprint density at radius 3 is 2.58 bits per heavy atom. The molecule has 1 atom stereocenters. The highest BCUT2D eigenvalue weighted by molar-refractivity contribution is 6.35. The third kappa shape index (κ3) is 5.88. The second kappa shape index (κ2) is 10.6. The van der Waals surface area contributed by atoms with Gasteiger partial charge in [-0.2, -0.15) is 0 Å². The predicted molar refractivity (Wildman–Crippen MR) is 99.9 cm³/mol. The molecule has 0 fully saturated rings. The van der Waals surface area contributed by atoms with Crippen LogP contribution in [-0.4, -0.2) is 39.1 Å². The maximum atomic E-state index is 12.0. The van der Waals surface area contributed by atoms with E-state index >= 15 is 0 Å². The van der Waals surface area contributed by atoms with Gasteiger partial charge in [-0.1, -0.05) is 29.8 Å². The van der Waals surface area contributed by atoms with Crippen LogP contribution in [-0.2, 0) is 14.3 Å². The fourth-order valence-corrected chi connectivity index (χ4v) is 3.07. The Balaban J connectivity index is 1.78. The summed E-state index contributed by atoms with van der Waals surface area (Å²) in [5.41, 5.74) is 2.19. The first-order valence-corrected chi connectivity index (χ1v) is 9.05. The Hall–Kier alpha value is -2.34. The van der Waals surface area contributed by atoms with Crippen LogP contribution in [0.25, 0.3) is 0 Å². The molecule has 2 amide bonds. The number of ether oxygens (including phenoxy) is 2. The Bertz CT molecular complexity index is 642. The largest absolute Gasteiger partial charge is 0.496 e. The molecule has 0 heterocycles. The van der Waals surface area contributed by atoms with Crippen LogP contribution in [0.4, 0.5) is 0 Å². The predicted octanol–water partition coefficient (Wildman–Crippen LogP) is 2.51. The molecule has 0 bridgehead atoms. The van der Waals surface area contributed by atoms with Crippen LogP contribution in [0.5, 0.6) is 5.75 Å². The lowest BCUT2D eigenvalue weighted by molar-refractivity contribution is -0.139. The molecule has 1 aromatic rings. The van der Waals surface area contributed by atoms with E-state index in [1.165, 1.54) is 18.4 Å². The number of allylic oxidation sites excluding steroid dienone is 1. The lowest BCUT2D eigenvalue weighted by Gasteiger charge is -2.19. The summed E-state index contributed by atoms with van der Waals surface area (Å²) in [5.74, 6) is -0.588. The molecule has 0 saturated carbocycles. The number of carbonyl (C=O) groups is 2. The van der Waals surface area contributed by atoms with Crippen LogP contribution in [0.1, 0.15) is 43.8 Å². The zero-order chi connectivity index (χ0) is 18.8. The van der Waals surface area contributed by atoms with E-state index < -0.39 is 17.9 Å². The molecule has 2 N–H and O–H groups in total. The first-order chi connectivity index (χ1) is 12.7. The van der Waals surface area contributed by atoms with Gasteiger partial charge in [0.2, 0.25) is 0 Å². The zero-order valence-electron chi connectivity index (χ0n) is 15.5. The molecule has 0 radical (unpaired) electrons. The van der Waals surface area contributed by atoms with Crippen molar-refractivity contribution < 1.29 is 19.1 Å². The van der Waals surface area contributed by atoms with Gasteiger partial charge in [-0.3, -0.25) is 9.59 Å². The molecule has 1 unspecified atom stereocenters. The van der Waals surface area contributed by atoms with Gasteiger partial charge in [0.1, 0.15) is 11.9 Å². The molecule has 6 nitrogen and oxygen atoms in total. The summed E-state index contributed by atoms with van der Waals surface area (Å²) in [6.45, 7) is 0.673. The Morgan fingerprint density at radius 1 is 1.12 bits per heavy atom. The van der Waals surface area contributed by atoms with Gasteiger partial charge >= 0.3 is 11.8 Å². The number of rotatable bonds is 8. The van der Waals surface area contributed by atoms with Crippen molar-refractivity contribution >= 4 is 11.8 Å². The average molecular weight is 360 g/mol. The van der Waals surface area contributed by atoms with Gasteiger partial charge < -0.3 is 20.1 Å². The van der Waals surface area contributed by atoms with E-state index in [0.29, 0.717) is 12.3 Å². The van der Waals surface area contributed by atoms with Crippen molar-refractivity contribution in [2.24, 2.45) is 0 Å². The maximum Gasteiger partial charge on any atom is 0.309 e. The average Bonchev–Trinajstić information content (AvgIpc) is 2.69. The molecule has 1 aliphatic carbocycles. The highest BCUT2D eigenvalue weighted by Gasteiger charge is 2.19. The molecule has 26 heavy (non-hydrogen) atoms. The molecule has 142 valence electrons. The first kappa shape index (κ1) is 20.0. The molecular weight excluding hydrogens is 332 g/mol. The number of hydrogen-bond donors (Lipinski definition) is 2. The third-order valence-electron chi connectivity index (χ3n) is 4.54. The van der Waals surface area contributed by atoms with E-state index in [-0.39, 0.29) is 6.54 Å². The van der Waals surface area contributed by atoms with Gasteiger partial charge in [0, 0.05) is 25.8 Å². The number of amides is 2. The standard InChI is InChI=1S/C20H28N2O4/c1-25-17-11-7-6-10-16(17)18(26-2)14-22-20(24)19(23)21-13-12-15-8-4-3-5-9-15/h6-8,10-11,18H,3-5,9,12-14H2,1-2H3,(H,21,23)(H,22,24). The monoisotopic (exact) mass is 360 g/mol. The second-order valence-electron chi connectivity index (χ2n) is 6.29. The zero-order valence-corrected chi connectivity index (χ0v) is 15.5. The van der Waals surface area contributed by atoms with Crippen molar-refractivity contribution in [2.75, 3.05) is 27.3 Å². The Morgan fingerprint density at radius 2 is 1.88 bits per heavy atom. The van der Waals surface area contributed by atoms with E-state index in [0.717, 1.165) is 24.8 Å². The lowest BCUT2D eigenvalue weighted by atomic mass is 9.97. The molecule has 0 aliphatic heterocycles. The molecule has 2 rings (SSSR count). The van der Waals surface area contributed by atoms with Gasteiger partial charge in [-0.05, 0) is 38.2 Å². The van der Waals surface area contributed by atoms with E-state index in [1.807, 2.05) is 24.3 Å². The van der Waals surface area contributed by atoms with Crippen LogP contribution in [0.15, 0.2) is 35.9 Å². The highest BCUT2D eigenvalue weighted by atomic mass is 16.5. The lowest BCUT2D eigenvalue weighted by Crippen LogP contribution is -2.42. The minimum absolute atomic E-state index is 0.189. The van der Waals surface area contributed by atoms with E-state index in [9.17, 15) is 9.59 Å². The second-order valence-corrected chi connectivity index (χ2v) is 6.29. The number of benzene rings is 1. The Labute approximate surface area is 154 Å². The van der Waals surface area contributed by atoms with Crippen molar-refractivity contribution in [1.29, 1.82) is 0 Å². The van der Waals surface area contributed by atoms with Crippen molar-refractivity contribution in [2.45, 2.75) is 38.2 Å². The van der Waals surface area contributed by atoms with E-state index in [4.69, 9.17) is 9.47 Å². The van der Waals surface area contributed by atoms with E-state index in [1.54, 1.807) is 14.2 Å². The van der Waals surface area contributed by atoms with Crippen LogP contribution in [0, 0.1) is 0 Å². The number of methoxy groups -OCH3 is 2. The highest BCUT2D eigenvalue weighted by Crippen LogP contribution is 2.26. The van der Waals surface area contributed by atoms with Crippen LogP contribution >= 0.6 is 0 Å². The number of para-hydroxylation sites is 1. The van der Waals surface area contributed by atoms with Crippen molar-refractivity contribution in [3.8, 4) is 5.75 Å². The fraction of sp³-hybridized carbons (Fsp3) is 0.500. The maximum absolute atomic E-state index is 12.0. The fourth-order valence-electron chi connectivity index (χ4n) is 3.07. The van der Waals surface area contributed by atoms with Crippen molar-refractivity contribution in [3.63, 3.8) is 0 Å². The minimum Gasteiger partial charge on any atom is -0.496 e. The molecule has 0 saturated heterocycles. The molecule has 6 heteroatoms. The van der Waals surface area contributed by atoms with Gasteiger partial charge in [0.25, 0.3) is 0 Å². The summed E-state index contributed by atoms with van der Waals surface area (Å²) in [5, 5.41) is 5.30. The first-order valence-electron chi connectivity index (χ1n) is 9.05. The van der Waals surface area contributed by atoms with Gasteiger partial charge in [-0.15, -0.1) is 0 Å². The smallest absolute Gasteiger partial charge is 0.309 e. The van der Waals surface area contributed by atoms with Gasteiger partial charge in [0.05, 0.1) is 7.11 Å².